The molecular formula is C19H25BrN4O3. The highest BCUT2D eigenvalue weighted by Crippen LogP contribution is 2.33. The van der Waals surface area contributed by atoms with Crippen molar-refractivity contribution in [1.29, 1.82) is 5.26 Å². The van der Waals surface area contributed by atoms with Crippen molar-refractivity contribution < 1.29 is 14.3 Å². The van der Waals surface area contributed by atoms with Gasteiger partial charge in [-0.1, -0.05) is 0 Å². The van der Waals surface area contributed by atoms with E-state index in [-0.39, 0.29) is 5.76 Å². The molecule has 0 unspecified atom stereocenters. The van der Waals surface area contributed by atoms with Crippen molar-refractivity contribution in [1.82, 2.24) is 9.88 Å². The summed E-state index contributed by atoms with van der Waals surface area (Å²) in [5.74, 6) is 1.06. The number of halogens is 1. The van der Waals surface area contributed by atoms with Crippen LogP contribution in [0, 0.1) is 11.3 Å². The van der Waals surface area contributed by atoms with E-state index in [0.29, 0.717) is 30.8 Å². The zero-order valence-electron chi connectivity index (χ0n) is 15.6. The van der Waals surface area contributed by atoms with Crippen molar-refractivity contribution in [2.24, 2.45) is 0 Å². The quantitative estimate of drug-likeness (QED) is 0.687. The fourth-order valence-corrected chi connectivity index (χ4v) is 4.24. The largest absolute Gasteiger partial charge is 0.444 e. The van der Waals surface area contributed by atoms with Crippen LogP contribution in [0.25, 0.3) is 11.0 Å². The van der Waals surface area contributed by atoms with Gasteiger partial charge in [0.2, 0.25) is 5.76 Å². The first kappa shape index (κ1) is 20.1. The van der Waals surface area contributed by atoms with Crippen LogP contribution < -0.4 is 5.32 Å². The van der Waals surface area contributed by atoms with Crippen LogP contribution in [0.1, 0.15) is 31.4 Å². The van der Waals surface area contributed by atoms with Gasteiger partial charge in [-0.2, -0.15) is 5.26 Å². The van der Waals surface area contributed by atoms with E-state index in [9.17, 15) is 5.11 Å². The average Bonchev–Trinajstić information content (AvgIpc) is 3.09. The zero-order chi connectivity index (χ0) is 19.4. The molecule has 1 aliphatic carbocycles. The minimum atomic E-state index is -0.448. The Morgan fingerprint density at radius 1 is 1.48 bits per heavy atom. The molecule has 0 radical (unpaired) electrons. The molecule has 1 saturated carbocycles. The lowest BCUT2D eigenvalue weighted by molar-refractivity contribution is 0.0295. The predicted molar refractivity (Wildman–Crippen MR) is 107 cm³/mol. The van der Waals surface area contributed by atoms with Gasteiger partial charge in [0.05, 0.1) is 23.4 Å². The fourth-order valence-electron chi connectivity index (χ4n) is 3.72. The van der Waals surface area contributed by atoms with Gasteiger partial charge in [-0.25, -0.2) is 4.98 Å². The van der Waals surface area contributed by atoms with E-state index in [1.807, 2.05) is 6.07 Å². The molecule has 1 fully saturated rings. The van der Waals surface area contributed by atoms with E-state index in [1.165, 1.54) is 0 Å². The molecule has 2 heterocycles. The molecule has 2 aromatic rings. The van der Waals surface area contributed by atoms with Crippen molar-refractivity contribution >= 4 is 32.7 Å². The second-order valence-electron chi connectivity index (χ2n) is 7.12. The van der Waals surface area contributed by atoms with Gasteiger partial charge in [0, 0.05) is 37.2 Å². The number of fused-ring (bicyclic) bond motifs is 1. The lowest BCUT2D eigenvalue weighted by Crippen LogP contribution is -2.42. The molecule has 0 spiro atoms. The minimum absolute atomic E-state index is 0.281. The van der Waals surface area contributed by atoms with Gasteiger partial charge in [-0.05, 0) is 48.7 Å². The number of ether oxygens (including phenoxy) is 1. The molecule has 0 saturated heterocycles. The Kier molecular flexibility index (Phi) is 6.71. The van der Waals surface area contributed by atoms with Crippen molar-refractivity contribution in [2.45, 2.75) is 43.9 Å². The Morgan fingerprint density at radius 2 is 2.22 bits per heavy atom. The molecule has 0 bridgehead atoms. The number of nitrogens with zero attached hydrogens (tertiary/aromatic N) is 3. The minimum Gasteiger partial charge on any atom is -0.444 e. The maximum atomic E-state index is 9.91. The van der Waals surface area contributed by atoms with Crippen LogP contribution in [0.4, 0.5) is 5.82 Å². The number of nitrogens with one attached hydrogen (secondary N) is 1. The summed E-state index contributed by atoms with van der Waals surface area (Å²) >= 11 is 3.59. The highest BCUT2D eigenvalue weighted by molar-refractivity contribution is 9.10. The number of methoxy groups -OCH3 is 1. The Hall–Kier alpha value is -1.66. The molecule has 2 N–H and O–H groups in total. The Bertz CT molecular complexity index is 811. The van der Waals surface area contributed by atoms with E-state index in [1.54, 1.807) is 19.4 Å². The third-order valence-electron chi connectivity index (χ3n) is 5.14. The number of anilines is 1. The fraction of sp³-hybridized carbons (Fsp3) is 0.579. The number of aliphatic hydroxyl groups excluding tert-OH is 1. The van der Waals surface area contributed by atoms with E-state index in [4.69, 9.17) is 14.4 Å². The first-order chi connectivity index (χ1) is 13.0. The monoisotopic (exact) mass is 436 g/mol. The summed E-state index contributed by atoms with van der Waals surface area (Å²) in [4.78, 5) is 6.67. The van der Waals surface area contributed by atoms with Gasteiger partial charge < -0.3 is 24.5 Å². The highest BCUT2D eigenvalue weighted by atomic mass is 79.9. The van der Waals surface area contributed by atoms with Crippen LogP contribution >= 0.6 is 15.9 Å². The molecule has 3 rings (SSSR count). The lowest BCUT2D eigenvalue weighted by atomic mass is 9.90. The van der Waals surface area contributed by atoms with E-state index in [0.717, 1.165) is 41.4 Å². The van der Waals surface area contributed by atoms with Gasteiger partial charge in [-0.15, -0.1) is 0 Å². The smallest absolute Gasteiger partial charge is 0.204 e. The summed E-state index contributed by atoms with van der Waals surface area (Å²) in [6.07, 6.45) is 5.42. The van der Waals surface area contributed by atoms with Crippen molar-refractivity contribution in [2.75, 3.05) is 32.6 Å². The van der Waals surface area contributed by atoms with Gasteiger partial charge >= 0.3 is 0 Å². The van der Waals surface area contributed by atoms with Crippen LogP contribution in [-0.2, 0) is 4.74 Å². The van der Waals surface area contributed by atoms with Gasteiger partial charge in [0.1, 0.15) is 11.9 Å². The number of nitriles is 1. The van der Waals surface area contributed by atoms with Crippen molar-refractivity contribution in [3.8, 4) is 6.07 Å². The number of hydrogen-bond donors (Lipinski definition) is 2. The second kappa shape index (κ2) is 9.02. The molecule has 0 aliphatic heterocycles. The van der Waals surface area contributed by atoms with E-state index >= 15 is 0 Å². The van der Waals surface area contributed by atoms with Crippen LogP contribution in [0.5, 0.6) is 0 Å². The molecule has 1 aliphatic rings. The number of furan rings is 1. The van der Waals surface area contributed by atoms with E-state index in [2.05, 4.69) is 38.2 Å². The molecular weight excluding hydrogens is 412 g/mol. The topological polar surface area (TPSA) is 94.6 Å². The summed E-state index contributed by atoms with van der Waals surface area (Å²) < 4.78 is 11.2. The standard InChI is InChI=1S/C19H25BrN4O3/c1-24(10-14(25)11-26-2)13-5-3-12(4-6-13)23-19-18(20)16-7-15(8-21)27-17(16)9-22-19/h7,9,12-14,25H,3-6,10-11H2,1-2H3,(H,22,23)/t12?,13?,14-/m0/s1. The summed E-state index contributed by atoms with van der Waals surface area (Å²) in [5, 5.41) is 23.3. The zero-order valence-corrected chi connectivity index (χ0v) is 17.2. The number of hydrogen-bond acceptors (Lipinski definition) is 7. The van der Waals surface area contributed by atoms with Gasteiger partial charge in [0.15, 0.2) is 5.58 Å². The van der Waals surface area contributed by atoms with Crippen molar-refractivity contribution in [3.63, 3.8) is 0 Å². The third kappa shape index (κ3) is 4.79. The Labute approximate surface area is 167 Å². The molecule has 0 aromatic carbocycles. The molecule has 2 aromatic heterocycles. The summed E-state index contributed by atoms with van der Waals surface area (Å²) in [6.45, 7) is 0.993. The maximum absolute atomic E-state index is 9.91. The third-order valence-corrected chi connectivity index (χ3v) is 5.95. The Morgan fingerprint density at radius 3 is 2.89 bits per heavy atom. The number of rotatable bonds is 7. The lowest BCUT2D eigenvalue weighted by Gasteiger charge is -2.36. The first-order valence-corrected chi connectivity index (χ1v) is 9.93. The molecule has 27 heavy (non-hydrogen) atoms. The van der Waals surface area contributed by atoms with Gasteiger partial charge in [-0.3, -0.25) is 0 Å². The molecule has 146 valence electrons. The van der Waals surface area contributed by atoms with Crippen molar-refractivity contribution in [3.05, 3.63) is 22.5 Å². The molecule has 0 amide bonds. The van der Waals surface area contributed by atoms with Crippen LogP contribution in [0.3, 0.4) is 0 Å². The molecule has 1 atom stereocenters. The predicted octanol–water partition coefficient (Wildman–Crippen LogP) is 3.12. The van der Waals surface area contributed by atoms with Crippen LogP contribution in [0.2, 0.25) is 0 Å². The first-order valence-electron chi connectivity index (χ1n) is 9.13. The molecule has 7 nitrogen and oxygen atoms in total. The highest BCUT2D eigenvalue weighted by Gasteiger charge is 2.26. The number of pyridine rings is 1. The van der Waals surface area contributed by atoms with Gasteiger partial charge in [0.25, 0.3) is 0 Å². The van der Waals surface area contributed by atoms with E-state index < -0.39 is 6.10 Å². The maximum Gasteiger partial charge on any atom is 0.204 e. The van der Waals surface area contributed by atoms with Crippen LogP contribution in [0.15, 0.2) is 21.2 Å². The Balaban J connectivity index is 1.57. The number of likely N-dealkylation sites (N-methyl/N-ethyl adjacent to an activating group) is 1. The summed E-state index contributed by atoms with van der Waals surface area (Å²) in [5.41, 5.74) is 0.601. The molecule has 8 heteroatoms. The second-order valence-corrected chi connectivity index (χ2v) is 7.91. The normalized spacial score (nSPS) is 21.3. The van der Waals surface area contributed by atoms with Crippen LogP contribution in [-0.4, -0.2) is 60.5 Å². The SMILES string of the molecule is COC[C@@H](O)CN(C)C1CCC(Nc2ncc3oc(C#N)cc3c2Br)CC1. The average molecular weight is 437 g/mol. The summed E-state index contributed by atoms with van der Waals surface area (Å²) in [6, 6.07) is 4.56. The summed E-state index contributed by atoms with van der Waals surface area (Å²) in [7, 11) is 3.67. The number of aromatic nitrogens is 1. The number of aliphatic hydroxyl groups is 1.